The maximum Gasteiger partial charge on any atom is 0.374 e. The third kappa shape index (κ3) is 4.25. The third-order valence-corrected chi connectivity index (χ3v) is 5.07. The first-order valence-corrected chi connectivity index (χ1v) is 9.95. The highest BCUT2D eigenvalue weighted by molar-refractivity contribution is 6.35. The van der Waals surface area contributed by atoms with Gasteiger partial charge in [-0.3, -0.25) is 9.36 Å². The molecule has 0 amide bonds. The fourth-order valence-electron chi connectivity index (χ4n) is 3.01. The van der Waals surface area contributed by atoms with Gasteiger partial charge in [0.15, 0.2) is 0 Å². The van der Waals surface area contributed by atoms with Crippen LogP contribution in [0.1, 0.15) is 17.0 Å². The van der Waals surface area contributed by atoms with Gasteiger partial charge in [0, 0.05) is 17.1 Å². The van der Waals surface area contributed by atoms with E-state index in [9.17, 15) is 9.59 Å². The number of fused-ring (bicyclic) bond motifs is 1. The summed E-state index contributed by atoms with van der Waals surface area (Å²) in [7, 11) is 0. The Morgan fingerprint density at radius 3 is 2.80 bits per heavy atom. The fraction of sp³-hybridized carbons (Fsp3) is 0.136. The van der Waals surface area contributed by atoms with Gasteiger partial charge in [0.1, 0.15) is 5.76 Å². The SMILES string of the molecule is O=C(OCCCn1cnc2ccccc2c1=O)c1ccc(-c2cc(Cl)ccc2Cl)o1. The van der Waals surface area contributed by atoms with E-state index in [-0.39, 0.29) is 17.9 Å². The molecule has 0 unspecified atom stereocenters. The molecule has 0 spiro atoms. The summed E-state index contributed by atoms with van der Waals surface area (Å²) in [6.07, 6.45) is 1.96. The second-order valence-electron chi connectivity index (χ2n) is 6.54. The van der Waals surface area contributed by atoms with E-state index < -0.39 is 5.97 Å². The number of ether oxygens (including phenoxy) is 1. The van der Waals surface area contributed by atoms with Crippen LogP contribution in [-0.4, -0.2) is 22.1 Å². The lowest BCUT2D eigenvalue weighted by atomic mass is 10.2. The Hall–Kier alpha value is -3.09. The highest BCUT2D eigenvalue weighted by atomic mass is 35.5. The Balaban J connectivity index is 1.36. The number of rotatable bonds is 6. The summed E-state index contributed by atoms with van der Waals surface area (Å²) in [4.78, 5) is 29.0. The van der Waals surface area contributed by atoms with E-state index in [0.29, 0.717) is 45.2 Å². The first-order chi connectivity index (χ1) is 14.5. The smallest absolute Gasteiger partial charge is 0.374 e. The summed E-state index contributed by atoms with van der Waals surface area (Å²) in [6, 6.07) is 15.3. The molecule has 0 aliphatic heterocycles. The molecule has 152 valence electrons. The van der Waals surface area contributed by atoms with Gasteiger partial charge in [-0.25, -0.2) is 9.78 Å². The van der Waals surface area contributed by atoms with Gasteiger partial charge in [-0.05, 0) is 48.9 Å². The molecule has 0 saturated heterocycles. The quantitative estimate of drug-likeness (QED) is 0.302. The minimum atomic E-state index is -0.594. The molecule has 2 aromatic heterocycles. The van der Waals surface area contributed by atoms with Crippen LogP contribution in [-0.2, 0) is 11.3 Å². The average Bonchev–Trinajstić information content (AvgIpc) is 3.24. The van der Waals surface area contributed by atoms with Gasteiger partial charge in [-0.1, -0.05) is 35.3 Å². The van der Waals surface area contributed by atoms with Gasteiger partial charge in [0.2, 0.25) is 5.76 Å². The Bertz CT molecular complexity index is 1280. The number of furan rings is 1. The van der Waals surface area contributed by atoms with E-state index in [4.69, 9.17) is 32.4 Å². The zero-order chi connectivity index (χ0) is 21.1. The van der Waals surface area contributed by atoms with E-state index in [0.717, 1.165) is 0 Å². The van der Waals surface area contributed by atoms with Crippen molar-refractivity contribution in [2.24, 2.45) is 0 Å². The van der Waals surface area contributed by atoms with Crippen molar-refractivity contribution >= 4 is 40.1 Å². The largest absolute Gasteiger partial charge is 0.460 e. The van der Waals surface area contributed by atoms with Crippen molar-refractivity contribution in [3.05, 3.63) is 87.1 Å². The number of carbonyl (C=O) groups is 1. The van der Waals surface area contributed by atoms with E-state index in [1.165, 1.54) is 17.0 Å². The Kier molecular flexibility index (Phi) is 5.88. The summed E-state index contributed by atoms with van der Waals surface area (Å²) in [6.45, 7) is 0.511. The van der Waals surface area contributed by atoms with Gasteiger partial charge in [-0.15, -0.1) is 0 Å². The molecule has 30 heavy (non-hydrogen) atoms. The monoisotopic (exact) mass is 442 g/mol. The first-order valence-electron chi connectivity index (χ1n) is 9.19. The zero-order valence-electron chi connectivity index (χ0n) is 15.7. The van der Waals surface area contributed by atoms with Crippen LogP contribution in [0.15, 0.2) is 70.1 Å². The Morgan fingerprint density at radius 2 is 1.93 bits per heavy atom. The molecule has 0 fully saturated rings. The molecule has 0 saturated carbocycles. The summed E-state index contributed by atoms with van der Waals surface area (Å²) in [5.74, 6) is -0.114. The molecule has 0 N–H and O–H groups in total. The maximum absolute atomic E-state index is 12.4. The predicted molar refractivity (Wildman–Crippen MR) is 115 cm³/mol. The van der Waals surface area contributed by atoms with Crippen molar-refractivity contribution in [1.82, 2.24) is 9.55 Å². The number of aryl methyl sites for hydroxylation is 1. The molecule has 0 aliphatic rings. The summed E-state index contributed by atoms with van der Waals surface area (Å²) in [5, 5.41) is 1.52. The van der Waals surface area contributed by atoms with Crippen LogP contribution >= 0.6 is 23.2 Å². The van der Waals surface area contributed by atoms with Crippen LogP contribution in [0.25, 0.3) is 22.2 Å². The Morgan fingerprint density at radius 1 is 1.10 bits per heavy atom. The molecule has 0 atom stereocenters. The summed E-state index contributed by atoms with van der Waals surface area (Å²) in [5.41, 5.74) is 1.12. The van der Waals surface area contributed by atoms with E-state index in [1.54, 1.807) is 42.5 Å². The number of carbonyl (C=O) groups excluding carboxylic acids is 1. The van der Waals surface area contributed by atoms with Crippen LogP contribution in [0.2, 0.25) is 10.0 Å². The van der Waals surface area contributed by atoms with Crippen LogP contribution < -0.4 is 5.56 Å². The molecule has 0 aliphatic carbocycles. The van der Waals surface area contributed by atoms with Crippen LogP contribution in [0.4, 0.5) is 0 Å². The Labute approximate surface area is 181 Å². The highest BCUT2D eigenvalue weighted by Crippen LogP contribution is 2.31. The van der Waals surface area contributed by atoms with E-state index in [1.807, 2.05) is 6.07 Å². The molecule has 2 heterocycles. The minimum Gasteiger partial charge on any atom is -0.460 e. The molecule has 2 aromatic carbocycles. The number of hydrogen-bond acceptors (Lipinski definition) is 5. The van der Waals surface area contributed by atoms with Gasteiger partial charge in [0.05, 0.1) is 28.9 Å². The average molecular weight is 443 g/mol. The lowest BCUT2D eigenvalue weighted by Gasteiger charge is -2.07. The van der Waals surface area contributed by atoms with Gasteiger partial charge >= 0.3 is 5.97 Å². The number of para-hydroxylation sites is 1. The van der Waals surface area contributed by atoms with Crippen LogP contribution in [0, 0.1) is 0 Å². The van der Waals surface area contributed by atoms with Crippen LogP contribution in [0.5, 0.6) is 0 Å². The molecule has 0 bridgehead atoms. The molecular weight excluding hydrogens is 427 g/mol. The normalized spacial score (nSPS) is 11.0. The van der Waals surface area contributed by atoms with Gasteiger partial charge < -0.3 is 9.15 Å². The number of nitrogens with zero attached hydrogens (tertiary/aromatic N) is 2. The third-order valence-electron chi connectivity index (χ3n) is 4.51. The maximum atomic E-state index is 12.4. The molecule has 0 radical (unpaired) electrons. The minimum absolute atomic E-state index is 0.0607. The number of halogens is 2. The van der Waals surface area contributed by atoms with Gasteiger partial charge in [0.25, 0.3) is 5.56 Å². The lowest BCUT2D eigenvalue weighted by Crippen LogP contribution is -2.21. The topological polar surface area (TPSA) is 74.3 Å². The first kappa shape index (κ1) is 20.2. The molecule has 6 nitrogen and oxygen atoms in total. The second-order valence-corrected chi connectivity index (χ2v) is 7.38. The predicted octanol–water partition coefficient (Wildman–Crippen LogP) is 5.21. The number of aromatic nitrogens is 2. The van der Waals surface area contributed by atoms with Crippen molar-refractivity contribution in [2.45, 2.75) is 13.0 Å². The van der Waals surface area contributed by atoms with Crippen molar-refractivity contribution in [3.63, 3.8) is 0 Å². The standard InChI is InChI=1S/C22H16Cl2N2O4/c23-14-6-7-17(24)16(12-14)19-8-9-20(30-19)22(28)29-11-3-10-26-13-25-18-5-2-1-4-15(18)21(26)27/h1-2,4-9,12-13H,3,10-11H2. The molecule has 4 rings (SSSR count). The molecule has 4 aromatic rings. The van der Waals surface area contributed by atoms with Crippen molar-refractivity contribution in [3.8, 4) is 11.3 Å². The number of benzene rings is 2. The summed E-state index contributed by atoms with van der Waals surface area (Å²) >= 11 is 12.2. The summed E-state index contributed by atoms with van der Waals surface area (Å²) < 4.78 is 12.3. The van der Waals surface area contributed by atoms with Gasteiger partial charge in [-0.2, -0.15) is 0 Å². The van der Waals surface area contributed by atoms with E-state index >= 15 is 0 Å². The fourth-order valence-corrected chi connectivity index (χ4v) is 3.40. The van der Waals surface area contributed by atoms with Crippen molar-refractivity contribution in [1.29, 1.82) is 0 Å². The van der Waals surface area contributed by atoms with E-state index in [2.05, 4.69) is 4.98 Å². The highest BCUT2D eigenvalue weighted by Gasteiger charge is 2.15. The second kappa shape index (κ2) is 8.73. The number of esters is 1. The van der Waals surface area contributed by atoms with Crippen molar-refractivity contribution in [2.75, 3.05) is 6.61 Å². The van der Waals surface area contributed by atoms with Crippen LogP contribution in [0.3, 0.4) is 0 Å². The molecular formula is C22H16Cl2N2O4. The lowest BCUT2D eigenvalue weighted by molar-refractivity contribution is 0.0460. The van der Waals surface area contributed by atoms with Crippen molar-refractivity contribution < 1.29 is 13.9 Å². The molecule has 8 heteroatoms. The zero-order valence-corrected chi connectivity index (χ0v) is 17.2. The number of hydrogen-bond donors (Lipinski definition) is 0.